The number of alkyl halides is 2. The number of carbonyl (C=O) groups excluding carboxylic acids is 2. The first-order valence-corrected chi connectivity index (χ1v) is 10.8. The second kappa shape index (κ2) is 7.83. The molecule has 0 bridgehead atoms. The lowest BCUT2D eigenvalue weighted by atomic mass is 9.81. The number of anilines is 1. The van der Waals surface area contributed by atoms with Crippen LogP contribution in [0.25, 0.3) is 0 Å². The van der Waals surface area contributed by atoms with Crippen LogP contribution in [0.3, 0.4) is 0 Å². The maximum absolute atomic E-state index is 13.6. The van der Waals surface area contributed by atoms with Gasteiger partial charge in [0.2, 0.25) is 5.91 Å². The van der Waals surface area contributed by atoms with Gasteiger partial charge in [-0.1, -0.05) is 30.3 Å². The maximum atomic E-state index is 13.6. The molecular formula is C24H28F2N4O2. The van der Waals surface area contributed by atoms with Gasteiger partial charge in [-0.25, -0.2) is 13.8 Å². The predicted octanol–water partition coefficient (Wildman–Crippen LogP) is 3.59. The van der Waals surface area contributed by atoms with E-state index >= 15 is 0 Å². The van der Waals surface area contributed by atoms with E-state index in [1.54, 1.807) is 28.1 Å². The number of hydrogen-bond acceptors (Lipinski definition) is 4. The molecule has 6 nitrogen and oxygen atoms in total. The third kappa shape index (κ3) is 3.61. The smallest absolute Gasteiger partial charge is 0.270 e. The van der Waals surface area contributed by atoms with Gasteiger partial charge in [-0.3, -0.25) is 9.59 Å². The molecule has 0 aliphatic carbocycles. The summed E-state index contributed by atoms with van der Waals surface area (Å²) in [5, 5.41) is 0. The van der Waals surface area contributed by atoms with E-state index in [4.69, 9.17) is 0 Å². The highest BCUT2D eigenvalue weighted by Gasteiger charge is 2.61. The third-order valence-electron chi connectivity index (χ3n) is 6.48. The van der Waals surface area contributed by atoms with Crippen molar-refractivity contribution in [2.24, 2.45) is 0 Å². The van der Waals surface area contributed by atoms with E-state index in [2.05, 4.69) is 4.98 Å². The Morgan fingerprint density at radius 1 is 1.03 bits per heavy atom. The first kappa shape index (κ1) is 22.2. The number of amides is 2. The summed E-state index contributed by atoms with van der Waals surface area (Å²) in [4.78, 5) is 36.6. The van der Waals surface area contributed by atoms with E-state index in [1.165, 1.54) is 12.1 Å². The second-order valence-corrected chi connectivity index (χ2v) is 9.05. The second-order valence-electron chi connectivity index (χ2n) is 9.05. The zero-order valence-electron chi connectivity index (χ0n) is 18.8. The van der Waals surface area contributed by atoms with Crippen LogP contribution < -0.4 is 4.90 Å². The number of benzene rings is 1. The van der Waals surface area contributed by atoms with Crippen molar-refractivity contribution >= 4 is 17.6 Å². The fraction of sp³-hybridized carbons (Fsp3) is 0.458. The van der Waals surface area contributed by atoms with Crippen molar-refractivity contribution in [1.82, 2.24) is 14.8 Å². The lowest BCUT2D eigenvalue weighted by molar-refractivity contribution is -0.172. The largest absolute Gasteiger partial charge is 0.351 e. The molecule has 3 heterocycles. The van der Waals surface area contributed by atoms with Crippen LogP contribution in [0.15, 0.2) is 48.7 Å². The molecule has 1 aromatic heterocycles. The van der Waals surface area contributed by atoms with Gasteiger partial charge in [0.1, 0.15) is 12.4 Å². The Bertz CT molecular complexity index is 999. The minimum atomic E-state index is -2.94. The molecule has 2 aliphatic rings. The van der Waals surface area contributed by atoms with Crippen LogP contribution >= 0.6 is 0 Å². The highest BCUT2D eigenvalue weighted by molar-refractivity contribution is 6.00. The Kier molecular flexibility index (Phi) is 5.43. The molecule has 4 rings (SSSR count). The molecule has 2 fully saturated rings. The summed E-state index contributed by atoms with van der Waals surface area (Å²) in [5.41, 5.74) is -0.378. The lowest BCUT2D eigenvalue weighted by Crippen LogP contribution is -2.81. The molecule has 0 radical (unpaired) electrons. The zero-order valence-corrected chi connectivity index (χ0v) is 18.8. The van der Waals surface area contributed by atoms with Gasteiger partial charge in [0.15, 0.2) is 5.54 Å². The van der Waals surface area contributed by atoms with Crippen molar-refractivity contribution in [2.75, 3.05) is 24.5 Å². The van der Waals surface area contributed by atoms with E-state index < -0.39 is 17.5 Å². The fourth-order valence-corrected chi connectivity index (χ4v) is 4.69. The molecule has 1 atom stereocenters. The fourth-order valence-electron chi connectivity index (χ4n) is 4.69. The summed E-state index contributed by atoms with van der Waals surface area (Å²) in [6.45, 7) is 7.19. The third-order valence-corrected chi connectivity index (χ3v) is 6.48. The Balaban J connectivity index is 1.67. The minimum Gasteiger partial charge on any atom is -0.351 e. The number of hydrogen-bond donors (Lipinski definition) is 0. The molecule has 32 heavy (non-hydrogen) atoms. The molecule has 0 saturated carbocycles. The number of rotatable bonds is 5. The van der Waals surface area contributed by atoms with E-state index in [0.29, 0.717) is 18.7 Å². The van der Waals surface area contributed by atoms with Gasteiger partial charge in [0.05, 0.1) is 19.1 Å². The Labute approximate surface area is 186 Å². The quantitative estimate of drug-likeness (QED) is 0.710. The number of halogens is 2. The number of carbonyl (C=O) groups is 2. The standard InChI is InChI=1S/C24H28F2N4O2/c1-16(2)29-13-21(31)30(17(3)18-8-10-19(11-9-18)23(4,25)26)24(22(29)32)14-28(15-24)20-7-5-6-12-27-20/h5-12,16-17H,13-15H2,1-4H3. The van der Waals surface area contributed by atoms with Gasteiger partial charge in [0, 0.05) is 24.7 Å². The molecule has 8 heteroatoms. The van der Waals surface area contributed by atoms with Crippen molar-refractivity contribution < 1.29 is 18.4 Å². The molecule has 2 saturated heterocycles. The SMILES string of the molecule is CC(C)N1CC(=O)N(C(C)c2ccc(C(C)(F)F)cc2)C2(CN(c3ccccn3)C2)C1=O. The van der Waals surface area contributed by atoms with Gasteiger partial charge >= 0.3 is 0 Å². The molecule has 0 N–H and O–H groups in total. The van der Waals surface area contributed by atoms with Gasteiger partial charge in [0.25, 0.3) is 11.8 Å². The normalized spacial score (nSPS) is 19.5. The van der Waals surface area contributed by atoms with Gasteiger partial charge in [-0.05, 0) is 38.5 Å². The van der Waals surface area contributed by atoms with Crippen LogP contribution in [0.5, 0.6) is 0 Å². The Hall–Kier alpha value is -3.03. The van der Waals surface area contributed by atoms with E-state index in [0.717, 1.165) is 12.7 Å². The predicted molar refractivity (Wildman–Crippen MR) is 117 cm³/mol. The molecule has 1 unspecified atom stereocenters. The van der Waals surface area contributed by atoms with Gasteiger partial charge in [-0.15, -0.1) is 0 Å². The van der Waals surface area contributed by atoms with Crippen molar-refractivity contribution in [3.63, 3.8) is 0 Å². The highest BCUT2D eigenvalue weighted by Crippen LogP contribution is 2.41. The molecule has 2 aromatic rings. The van der Waals surface area contributed by atoms with Crippen LogP contribution in [0.1, 0.15) is 44.9 Å². The van der Waals surface area contributed by atoms with Crippen molar-refractivity contribution in [3.8, 4) is 0 Å². The molecular weight excluding hydrogens is 414 g/mol. The summed E-state index contributed by atoms with van der Waals surface area (Å²) in [7, 11) is 0. The van der Waals surface area contributed by atoms with Crippen LogP contribution in [-0.2, 0) is 15.5 Å². The number of aromatic nitrogens is 1. The van der Waals surface area contributed by atoms with Crippen LogP contribution in [0.2, 0.25) is 0 Å². The topological polar surface area (TPSA) is 56.8 Å². The van der Waals surface area contributed by atoms with Crippen molar-refractivity contribution in [1.29, 1.82) is 0 Å². The first-order chi connectivity index (χ1) is 15.0. The minimum absolute atomic E-state index is 0.0112. The number of pyridine rings is 1. The maximum Gasteiger partial charge on any atom is 0.270 e. The number of nitrogens with zero attached hydrogens (tertiary/aromatic N) is 4. The highest BCUT2D eigenvalue weighted by atomic mass is 19.3. The Morgan fingerprint density at radius 2 is 1.69 bits per heavy atom. The van der Waals surface area contributed by atoms with Crippen molar-refractivity contribution in [2.45, 2.75) is 51.2 Å². The average Bonchev–Trinajstić information content (AvgIpc) is 2.72. The summed E-state index contributed by atoms with van der Waals surface area (Å²) in [6, 6.07) is 11.0. The van der Waals surface area contributed by atoms with E-state index in [-0.39, 0.29) is 30.0 Å². The summed E-state index contributed by atoms with van der Waals surface area (Å²) >= 11 is 0. The first-order valence-electron chi connectivity index (χ1n) is 10.8. The summed E-state index contributed by atoms with van der Waals surface area (Å²) in [5.74, 6) is -2.41. The summed E-state index contributed by atoms with van der Waals surface area (Å²) < 4.78 is 27.3. The molecule has 2 aliphatic heterocycles. The van der Waals surface area contributed by atoms with E-state index in [1.807, 2.05) is 43.9 Å². The lowest BCUT2D eigenvalue weighted by Gasteiger charge is -2.60. The average molecular weight is 443 g/mol. The molecule has 1 aromatic carbocycles. The van der Waals surface area contributed by atoms with Crippen LogP contribution in [0, 0.1) is 0 Å². The van der Waals surface area contributed by atoms with Crippen LogP contribution in [-0.4, -0.2) is 57.8 Å². The van der Waals surface area contributed by atoms with Gasteiger partial charge in [-0.2, -0.15) is 0 Å². The molecule has 1 spiro atoms. The molecule has 170 valence electrons. The van der Waals surface area contributed by atoms with Gasteiger partial charge < -0.3 is 14.7 Å². The monoisotopic (exact) mass is 442 g/mol. The number of piperazine rings is 1. The molecule has 2 amide bonds. The Morgan fingerprint density at radius 3 is 2.22 bits per heavy atom. The summed E-state index contributed by atoms with van der Waals surface area (Å²) in [6.07, 6.45) is 1.69. The van der Waals surface area contributed by atoms with Crippen LogP contribution in [0.4, 0.5) is 14.6 Å². The van der Waals surface area contributed by atoms with Crippen molar-refractivity contribution in [3.05, 3.63) is 59.8 Å². The zero-order chi connectivity index (χ0) is 23.3. The van der Waals surface area contributed by atoms with E-state index in [9.17, 15) is 18.4 Å².